The molecule has 138 valence electrons. The number of furan rings is 1. The second kappa shape index (κ2) is 8.23. The summed E-state index contributed by atoms with van der Waals surface area (Å²) < 4.78 is 10.6. The van der Waals surface area contributed by atoms with Gasteiger partial charge < -0.3 is 19.8 Å². The number of hydrogen-bond donors (Lipinski definition) is 2. The van der Waals surface area contributed by atoms with Gasteiger partial charge in [0.15, 0.2) is 12.4 Å². The summed E-state index contributed by atoms with van der Waals surface area (Å²) in [4.78, 5) is 24.0. The van der Waals surface area contributed by atoms with Crippen LogP contribution in [0.5, 0.6) is 5.75 Å². The number of carbonyl (C=O) groups is 2. The van der Waals surface area contributed by atoms with Crippen molar-refractivity contribution < 1.29 is 18.7 Å². The number of aryl methyl sites for hydroxylation is 2. The molecule has 2 N–H and O–H groups in total. The Morgan fingerprint density at radius 1 is 0.963 bits per heavy atom. The zero-order valence-corrected chi connectivity index (χ0v) is 15.1. The Morgan fingerprint density at radius 3 is 2.33 bits per heavy atom. The Bertz CT molecular complexity index is 931. The van der Waals surface area contributed by atoms with Crippen molar-refractivity contribution in [2.75, 3.05) is 17.2 Å². The maximum Gasteiger partial charge on any atom is 0.291 e. The maximum atomic E-state index is 12.1. The molecule has 2 amide bonds. The molecule has 0 spiro atoms. The lowest BCUT2D eigenvalue weighted by Crippen LogP contribution is -2.20. The highest BCUT2D eigenvalue weighted by Crippen LogP contribution is 2.19. The predicted octanol–water partition coefficient (Wildman–Crippen LogP) is 4.17. The molecule has 0 unspecified atom stereocenters. The van der Waals surface area contributed by atoms with E-state index < -0.39 is 0 Å². The zero-order chi connectivity index (χ0) is 19.2. The largest absolute Gasteiger partial charge is 0.483 e. The van der Waals surface area contributed by atoms with Crippen molar-refractivity contribution in [3.63, 3.8) is 0 Å². The first-order chi connectivity index (χ1) is 13.0. The van der Waals surface area contributed by atoms with Crippen LogP contribution in [0.15, 0.2) is 65.3 Å². The van der Waals surface area contributed by atoms with Crippen molar-refractivity contribution in [1.29, 1.82) is 0 Å². The maximum absolute atomic E-state index is 12.1. The fourth-order valence-corrected chi connectivity index (χ4v) is 2.44. The van der Waals surface area contributed by atoms with Crippen LogP contribution in [0.1, 0.15) is 21.7 Å². The topological polar surface area (TPSA) is 80.6 Å². The van der Waals surface area contributed by atoms with E-state index in [0.29, 0.717) is 17.1 Å². The Kier molecular flexibility index (Phi) is 5.56. The number of benzene rings is 2. The summed E-state index contributed by atoms with van der Waals surface area (Å²) in [5.41, 5.74) is 3.26. The van der Waals surface area contributed by atoms with Crippen molar-refractivity contribution >= 4 is 23.2 Å². The fraction of sp³-hybridized carbons (Fsp3) is 0.143. The quantitative estimate of drug-likeness (QED) is 0.688. The molecule has 0 bridgehead atoms. The van der Waals surface area contributed by atoms with Gasteiger partial charge >= 0.3 is 0 Å². The molecule has 0 radical (unpaired) electrons. The van der Waals surface area contributed by atoms with Crippen LogP contribution in [0.25, 0.3) is 0 Å². The second-order valence-corrected chi connectivity index (χ2v) is 6.11. The molecule has 1 heterocycles. The van der Waals surface area contributed by atoms with E-state index in [4.69, 9.17) is 9.15 Å². The van der Waals surface area contributed by atoms with Crippen molar-refractivity contribution in [3.05, 3.63) is 77.7 Å². The van der Waals surface area contributed by atoms with Gasteiger partial charge in [0.2, 0.25) is 0 Å². The van der Waals surface area contributed by atoms with Crippen LogP contribution in [0.2, 0.25) is 0 Å². The number of nitrogens with one attached hydrogen (secondary N) is 2. The standard InChI is InChI=1S/C21H20N2O4/c1-14-5-6-15(2)19(12-14)27-13-20(24)22-16-7-9-17(10-8-16)23-21(25)18-4-3-11-26-18/h3-12H,13H2,1-2H3,(H,22,24)(H,23,25). The molecule has 1 aromatic heterocycles. The van der Waals surface area contributed by atoms with Crippen LogP contribution in [0.3, 0.4) is 0 Å². The van der Waals surface area contributed by atoms with Crippen molar-refractivity contribution in [2.24, 2.45) is 0 Å². The van der Waals surface area contributed by atoms with Crippen LogP contribution < -0.4 is 15.4 Å². The average molecular weight is 364 g/mol. The third-order valence-electron chi connectivity index (χ3n) is 3.87. The number of hydrogen-bond acceptors (Lipinski definition) is 4. The SMILES string of the molecule is Cc1ccc(C)c(OCC(=O)Nc2ccc(NC(=O)c3ccco3)cc2)c1. The summed E-state index contributed by atoms with van der Waals surface area (Å²) >= 11 is 0. The van der Waals surface area contributed by atoms with Crippen LogP contribution >= 0.6 is 0 Å². The molecule has 0 saturated heterocycles. The van der Waals surface area contributed by atoms with Gasteiger partial charge in [-0.2, -0.15) is 0 Å². The molecule has 27 heavy (non-hydrogen) atoms. The van der Waals surface area contributed by atoms with Crippen LogP contribution in [-0.4, -0.2) is 18.4 Å². The summed E-state index contributed by atoms with van der Waals surface area (Å²) in [6, 6.07) is 15.9. The Hall–Kier alpha value is -3.54. The average Bonchev–Trinajstić information content (AvgIpc) is 3.19. The molecule has 3 rings (SSSR count). The number of ether oxygens (including phenoxy) is 1. The van der Waals surface area contributed by atoms with Crippen molar-refractivity contribution in [1.82, 2.24) is 0 Å². The van der Waals surface area contributed by atoms with Gasteiger partial charge in [-0.05, 0) is 67.4 Å². The molecule has 6 heteroatoms. The van der Waals surface area contributed by atoms with Crippen molar-refractivity contribution in [3.8, 4) is 5.75 Å². The van der Waals surface area contributed by atoms with E-state index >= 15 is 0 Å². The molecular weight excluding hydrogens is 344 g/mol. The molecule has 0 aliphatic carbocycles. The fourth-order valence-electron chi connectivity index (χ4n) is 2.44. The van der Waals surface area contributed by atoms with Crippen LogP contribution in [0, 0.1) is 13.8 Å². The monoisotopic (exact) mass is 364 g/mol. The Balaban J connectivity index is 1.52. The first kappa shape index (κ1) is 18.3. The third-order valence-corrected chi connectivity index (χ3v) is 3.87. The van der Waals surface area contributed by atoms with E-state index in [2.05, 4.69) is 10.6 Å². The number of anilines is 2. The summed E-state index contributed by atoms with van der Waals surface area (Å²) in [7, 11) is 0. The van der Waals surface area contributed by atoms with Gasteiger partial charge in [-0.15, -0.1) is 0 Å². The number of amides is 2. The summed E-state index contributed by atoms with van der Waals surface area (Å²) in [6.07, 6.45) is 1.44. The molecule has 6 nitrogen and oxygen atoms in total. The van der Waals surface area contributed by atoms with Gasteiger partial charge in [-0.1, -0.05) is 12.1 Å². The summed E-state index contributed by atoms with van der Waals surface area (Å²) in [5.74, 6) is 0.332. The molecule has 0 atom stereocenters. The molecule has 0 fully saturated rings. The van der Waals surface area contributed by atoms with E-state index in [1.165, 1.54) is 6.26 Å². The minimum Gasteiger partial charge on any atom is -0.483 e. The molecule has 0 aliphatic rings. The van der Waals surface area contributed by atoms with E-state index in [-0.39, 0.29) is 24.2 Å². The highest BCUT2D eigenvalue weighted by atomic mass is 16.5. The Morgan fingerprint density at radius 2 is 1.67 bits per heavy atom. The zero-order valence-electron chi connectivity index (χ0n) is 15.1. The lowest BCUT2D eigenvalue weighted by molar-refractivity contribution is -0.118. The third kappa shape index (κ3) is 4.98. The second-order valence-electron chi connectivity index (χ2n) is 6.11. The lowest BCUT2D eigenvalue weighted by Gasteiger charge is -2.11. The summed E-state index contributed by atoms with van der Waals surface area (Å²) in [6.45, 7) is 3.82. The van der Waals surface area contributed by atoms with Crippen LogP contribution in [0.4, 0.5) is 11.4 Å². The predicted molar refractivity (Wildman–Crippen MR) is 103 cm³/mol. The van der Waals surface area contributed by atoms with Gasteiger partial charge in [-0.25, -0.2) is 0 Å². The molecule has 0 aliphatic heterocycles. The van der Waals surface area contributed by atoms with Crippen LogP contribution in [-0.2, 0) is 4.79 Å². The van der Waals surface area contributed by atoms with Gasteiger partial charge in [0.05, 0.1) is 6.26 Å². The number of rotatable bonds is 6. The van der Waals surface area contributed by atoms with Gasteiger partial charge in [0, 0.05) is 11.4 Å². The highest BCUT2D eigenvalue weighted by molar-refractivity contribution is 6.02. The first-order valence-electron chi connectivity index (χ1n) is 8.46. The summed E-state index contributed by atoms with van der Waals surface area (Å²) in [5, 5.41) is 5.47. The highest BCUT2D eigenvalue weighted by Gasteiger charge is 2.09. The molecule has 0 saturated carbocycles. The first-order valence-corrected chi connectivity index (χ1v) is 8.46. The molecule has 2 aromatic carbocycles. The van der Waals surface area contributed by atoms with Gasteiger partial charge in [0.25, 0.3) is 11.8 Å². The van der Waals surface area contributed by atoms with Crippen molar-refractivity contribution in [2.45, 2.75) is 13.8 Å². The van der Waals surface area contributed by atoms with Gasteiger partial charge in [0.1, 0.15) is 5.75 Å². The van der Waals surface area contributed by atoms with E-state index in [1.807, 2.05) is 32.0 Å². The molecular formula is C21H20N2O4. The van der Waals surface area contributed by atoms with Gasteiger partial charge in [-0.3, -0.25) is 9.59 Å². The lowest BCUT2D eigenvalue weighted by atomic mass is 10.1. The van der Waals surface area contributed by atoms with E-state index in [1.54, 1.807) is 36.4 Å². The molecule has 3 aromatic rings. The Labute approximate surface area is 157 Å². The smallest absolute Gasteiger partial charge is 0.291 e. The minimum atomic E-state index is -0.335. The minimum absolute atomic E-state index is 0.0821. The normalized spacial score (nSPS) is 10.3. The number of carbonyl (C=O) groups excluding carboxylic acids is 2. The van der Waals surface area contributed by atoms with E-state index in [9.17, 15) is 9.59 Å². The van der Waals surface area contributed by atoms with E-state index in [0.717, 1.165) is 11.1 Å².